The Kier molecular flexibility index (Phi) is 4.62. The minimum atomic E-state index is -0.660. The van der Waals surface area contributed by atoms with Crippen LogP contribution < -0.4 is 5.32 Å². The molecule has 4 aromatic rings. The van der Waals surface area contributed by atoms with E-state index in [1.165, 1.54) is 0 Å². The second-order valence-electron chi connectivity index (χ2n) is 5.98. The minimum Gasteiger partial charge on any atom is -0.358 e. The number of anilines is 1. The first-order valence-electron chi connectivity index (χ1n) is 8.22. The van der Waals surface area contributed by atoms with Crippen molar-refractivity contribution in [3.63, 3.8) is 0 Å². The number of benzene rings is 2. The molecule has 1 amide bonds. The average molecular weight is 441 g/mol. The van der Waals surface area contributed by atoms with E-state index in [0.717, 1.165) is 16.3 Å². The van der Waals surface area contributed by atoms with Crippen LogP contribution in [-0.4, -0.2) is 30.8 Å². The van der Waals surface area contributed by atoms with E-state index in [1.54, 1.807) is 16.9 Å². The second kappa shape index (κ2) is 7.24. The van der Waals surface area contributed by atoms with Gasteiger partial charge in [-0.25, -0.2) is 0 Å². The Morgan fingerprint density at radius 2 is 2.00 bits per heavy atom. The molecule has 10 heteroatoms. The van der Waals surface area contributed by atoms with E-state index < -0.39 is 10.8 Å². The predicted octanol–water partition coefficient (Wildman–Crippen LogP) is 3.73. The van der Waals surface area contributed by atoms with E-state index >= 15 is 0 Å². The summed E-state index contributed by atoms with van der Waals surface area (Å²) in [6.45, 7) is 0.537. The lowest BCUT2D eigenvalue weighted by Gasteiger charge is -2.06. The van der Waals surface area contributed by atoms with E-state index in [9.17, 15) is 14.9 Å². The number of nitrogens with zero attached hydrogens (tertiary/aromatic N) is 4. The lowest BCUT2D eigenvalue weighted by molar-refractivity contribution is -0.390. The number of amides is 1. The summed E-state index contributed by atoms with van der Waals surface area (Å²) in [6.07, 6.45) is 1.75. The van der Waals surface area contributed by atoms with Crippen molar-refractivity contribution in [2.45, 2.75) is 6.54 Å². The maximum Gasteiger partial charge on any atom is 0.357 e. The van der Waals surface area contributed by atoms with Crippen LogP contribution in [0.15, 0.2) is 59.2 Å². The maximum absolute atomic E-state index is 12.3. The molecule has 4 rings (SSSR count). The van der Waals surface area contributed by atoms with E-state index in [1.807, 2.05) is 24.3 Å². The van der Waals surface area contributed by atoms with Crippen LogP contribution in [0.1, 0.15) is 16.1 Å². The van der Waals surface area contributed by atoms with Crippen molar-refractivity contribution in [2.75, 3.05) is 5.32 Å². The van der Waals surface area contributed by atoms with Crippen LogP contribution in [0, 0.1) is 10.1 Å². The van der Waals surface area contributed by atoms with Gasteiger partial charge in [-0.05, 0) is 37.2 Å². The first-order chi connectivity index (χ1) is 13.5. The van der Waals surface area contributed by atoms with Crippen molar-refractivity contribution in [3.05, 3.63) is 80.6 Å². The van der Waals surface area contributed by atoms with Crippen molar-refractivity contribution in [1.82, 2.24) is 20.0 Å². The van der Waals surface area contributed by atoms with Gasteiger partial charge in [0.25, 0.3) is 5.91 Å². The largest absolute Gasteiger partial charge is 0.358 e. The number of carbonyl (C=O) groups is 1. The van der Waals surface area contributed by atoms with Gasteiger partial charge in [-0.1, -0.05) is 47.6 Å². The number of carbonyl (C=O) groups excluding carboxylic acids is 1. The topological polar surface area (TPSA) is 119 Å². The van der Waals surface area contributed by atoms with E-state index in [2.05, 4.69) is 54.7 Å². The molecule has 9 nitrogen and oxygen atoms in total. The third kappa shape index (κ3) is 3.37. The molecule has 0 radical (unpaired) electrons. The Balaban J connectivity index is 1.52. The number of halogens is 1. The van der Waals surface area contributed by atoms with Gasteiger partial charge >= 0.3 is 5.82 Å². The monoisotopic (exact) mass is 440 g/mol. The smallest absolute Gasteiger partial charge is 0.357 e. The first-order valence-corrected chi connectivity index (χ1v) is 9.02. The fourth-order valence-corrected chi connectivity index (χ4v) is 3.39. The summed E-state index contributed by atoms with van der Waals surface area (Å²) in [7, 11) is 0. The van der Waals surface area contributed by atoms with Crippen LogP contribution >= 0.6 is 15.9 Å². The first kappa shape index (κ1) is 17.9. The van der Waals surface area contributed by atoms with Gasteiger partial charge in [0.15, 0.2) is 11.5 Å². The molecular formula is C18H13BrN6O3. The van der Waals surface area contributed by atoms with E-state index in [4.69, 9.17) is 0 Å². The molecule has 2 heterocycles. The standard InChI is InChI=1S/C18H13BrN6O3/c19-15-16(21-22-17(15)25(27)28)18(26)20-14-8-9-24(23-14)10-12-6-3-5-11-4-1-2-7-13(11)12/h1-9H,10H2,(H,21,22)(H,20,23,26). The Bertz CT molecular complexity index is 1190. The highest BCUT2D eigenvalue weighted by atomic mass is 79.9. The van der Waals surface area contributed by atoms with Crippen LogP contribution in [0.4, 0.5) is 11.6 Å². The molecule has 0 saturated carbocycles. The van der Waals surface area contributed by atoms with Crippen LogP contribution in [0.25, 0.3) is 10.8 Å². The average Bonchev–Trinajstić information content (AvgIpc) is 3.28. The summed E-state index contributed by atoms with van der Waals surface area (Å²) >= 11 is 3.02. The fraction of sp³-hybridized carbons (Fsp3) is 0.0556. The van der Waals surface area contributed by atoms with Gasteiger partial charge in [-0.2, -0.15) is 5.10 Å². The molecule has 2 N–H and O–H groups in total. The highest BCUT2D eigenvalue weighted by Crippen LogP contribution is 2.26. The lowest BCUT2D eigenvalue weighted by Crippen LogP contribution is -2.14. The zero-order valence-corrected chi connectivity index (χ0v) is 15.9. The van der Waals surface area contributed by atoms with Crippen LogP contribution in [0.2, 0.25) is 0 Å². The van der Waals surface area contributed by atoms with Crippen molar-refractivity contribution in [2.24, 2.45) is 0 Å². The van der Waals surface area contributed by atoms with Crippen molar-refractivity contribution in [1.29, 1.82) is 0 Å². The Morgan fingerprint density at radius 1 is 1.21 bits per heavy atom. The number of rotatable bonds is 5. The molecule has 0 fully saturated rings. The number of hydrogen-bond donors (Lipinski definition) is 2. The molecule has 0 aliphatic heterocycles. The zero-order chi connectivity index (χ0) is 19.7. The third-order valence-electron chi connectivity index (χ3n) is 4.18. The van der Waals surface area contributed by atoms with Gasteiger partial charge in [0.2, 0.25) is 0 Å². The van der Waals surface area contributed by atoms with Crippen molar-refractivity contribution >= 4 is 44.2 Å². The Labute approximate surface area is 166 Å². The molecule has 0 aliphatic rings. The van der Waals surface area contributed by atoms with E-state index in [0.29, 0.717) is 12.4 Å². The second-order valence-corrected chi connectivity index (χ2v) is 6.78. The van der Waals surface area contributed by atoms with Crippen LogP contribution in [0.3, 0.4) is 0 Å². The highest BCUT2D eigenvalue weighted by molar-refractivity contribution is 9.10. The summed E-state index contributed by atoms with van der Waals surface area (Å²) in [5, 5.41) is 26.0. The summed E-state index contributed by atoms with van der Waals surface area (Å²) in [4.78, 5) is 22.5. The van der Waals surface area contributed by atoms with Gasteiger partial charge < -0.3 is 15.4 Å². The number of aromatic amines is 1. The summed E-state index contributed by atoms with van der Waals surface area (Å²) in [5.41, 5.74) is 0.986. The number of hydrogen-bond acceptors (Lipinski definition) is 5. The number of nitro groups is 1. The summed E-state index contributed by atoms with van der Waals surface area (Å²) in [5.74, 6) is -0.666. The highest BCUT2D eigenvalue weighted by Gasteiger charge is 2.25. The van der Waals surface area contributed by atoms with Crippen LogP contribution in [-0.2, 0) is 6.54 Å². The van der Waals surface area contributed by atoms with Crippen molar-refractivity contribution in [3.8, 4) is 0 Å². The quantitative estimate of drug-likeness (QED) is 0.361. The molecule has 2 aromatic heterocycles. The Morgan fingerprint density at radius 3 is 2.79 bits per heavy atom. The fourth-order valence-electron chi connectivity index (χ4n) is 2.89. The zero-order valence-electron chi connectivity index (χ0n) is 14.3. The predicted molar refractivity (Wildman–Crippen MR) is 106 cm³/mol. The molecule has 140 valence electrons. The van der Waals surface area contributed by atoms with Gasteiger partial charge in [-0.15, -0.1) is 5.10 Å². The minimum absolute atomic E-state index is 0.00909. The molecule has 2 aromatic carbocycles. The molecule has 0 spiro atoms. The van der Waals surface area contributed by atoms with Gasteiger partial charge in [0, 0.05) is 12.3 Å². The van der Waals surface area contributed by atoms with E-state index in [-0.39, 0.29) is 16.0 Å². The van der Waals surface area contributed by atoms with Gasteiger partial charge in [0.1, 0.15) is 4.47 Å². The molecule has 0 saturated heterocycles. The normalized spacial score (nSPS) is 10.9. The molecular weight excluding hydrogens is 428 g/mol. The van der Waals surface area contributed by atoms with Crippen LogP contribution in [0.5, 0.6) is 0 Å². The molecule has 28 heavy (non-hydrogen) atoms. The number of aromatic nitrogens is 4. The molecule has 0 atom stereocenters. The van der Waals surface area contributed by atoms with Crippen molar-refractivity contribution < 1.29 is 9.72 Å². The SMILES string of the molecule is O=C(Nc1ccn(Cc2cccc3ccccc23)n1)c1n[nH]c([N+](=O)[O-])c1Br. The lowest BCUT2D eigenvalue weighted by atomic mass is 10.0. The van der Waals surface area contributed by atoms with Gasteiger partial charge in [-0.3, -0.25) is 9.48 Å². The number of H-pyrrole nitrogens is 1. The maximum atomic E-state index is 12.3. The number of fused-ring (bicyclic) bond motifs is 1. The summed E-state index contributed by atoms with van der Waals surface area (Å²) < 4.78 is 1.70. The molecule has 0 unspecified atom stereocenters. The van der Waals surface area contributed by atoms with Gasteiger partial charge in [0.05, 0.1) is 6.54 Å². The summed E-state index contributed by atoms with van der Waals surface area (Å²) in [6, 6.07) is 15.8. The Hall–Kier alpha value is -3.53. The molecule has 0 bridgehead atoms. The number of nitrogens with one attached hydrogen (secondary N) is 2. The molecule has 0 aliphatic carbocycles. The third-order valence-corrected chi connectivity index (χ3v) is 4.93.